The molecule has 0 aromatic heterocycles. The second-order valence-corrected chi connectivity index (χ2v) is 9.97. The molecule has 0 atom stereocenters. The first-order valence-corrected chi connectivity index (χ1v) is 12.6. The third-order valence-corrected chi connectivity index (χ3v) is 6.53. The number of aliphatic imine (C=N–C) groups is 1. The molecule has 3 rings (SSSR count). The molecule has 1 heterocycles. The Morgan fingerprint density at radius 2 is 1.94 bits per heavy atom. The quantitative estimate of drug-likeness (QED) is 0.584. The summed E-state index contributed by atoms with van der Waals surface area (Å²) in [4.78, 5) is 17.2. The predicted molar refractivity (Wildman–Crippen MR) is 129 cm³/mol. The third kappa shape index (κ3) is 6.61. The lowest BCUT2D eigenvalue weighted by atomic mass is 10.1. The van der Waals surface area contributed by atoms with Crippen molar-refractivity contribution in [2.45, 2.75) is 50.5 Å². The van der Waals surface area contributed by atoms with E-state index in [1.54, 1.807) is 12.1 Å². The fraction of sp³-hybridized carbons (Fsp3) is 0.391. The monoisotopic (exact) mass is 493 g/mol. The van der Waals surface area contributed by atoms with E-state index in [0.29, 0.717) is 36.0 Å². The van der Waals surface area contributed by atoms with E-state index in [-0.39, 0.29) is 21.6 Å². The molecular weight excluding hydrogens is 466 g/mol. The van der Waals surface area contributed by atoms with Crippen molar-refractivity contribution in [2.75, 3.05) is 19.0 Å². The summed E-state index contributed by atoms with van der Waals surface area (Å²) in [5.74, 6) is 0.673. The second-order valence-electron chi connectivity index (χ2n) is 7.88. The summed E-state index contributed by atoms with van der Waals surface area (Å²) >= 11 is 6.31. The Kier molecular flexibility index (Phi) is 8.20. The van der Waals surface area contributed by atoms with Crippen molar-refractivity contribution in [1.82, 2.24) is 4.72 Å². The molecule has 2 N–H and O–H groups in total. The van der Waals surface area contributed by atoms with Crippen molar-refractivity contribution in [3.63, 3.8) is 0 Å². The lowest BCUT2D eigenvalue weighted by Gasteiger charge is -2.16. The van der Waals surface area contributed by atoms with Crippen LogP contribution in [-0.4, -0.2) is 39.9 Å². The third-order valence-electron chi connectivity index (χ3n) is 4.87. The molecule has 2 aromatic rings. The number of hydrogen-bond acceptors (Lipinski definition) is 6. The molecule has 0 bridgehead atoms. The van der Waals surface area contributed by atoms with Gasteiger partial charge in [0.1, 0.15) is 5.84 Å². The number of nitrogens with zero attached hydrogens (tertiary/aromatic N) is 1. The van der Waals surface area contributed by atoms with Gasteiger partial charge in [0.2, 0.25) is 0 Å². The van der Waals surface area contributed by atoms with E-state index < -0.39 is 15.9 Å². The number of rotatable bonds is 7. The highest BCUT2D eigenvalue weighted by Crippen LogP contribution is 2.37. The zero-order valence-corrected chi connectivity index (χ0v) is 20.4. The van der Waals surface area contributed by atoms with Crippen LogP contribution in [0, 0.1) is 0 Å². The topological polar surface area (TPSA) is 106 Å². The van der Waals surface area contributed by atoms with Gasteiger partial charge in [-0.1, -0.05) is 24.1 Å². The van der Waals surface area contributed by atoms with Gasteiger partial charge in [-0.2, -0.15) is 0 Å². The zero-order chi connectivity index (χ0) is 24.0. The fourth-order valence-electron chi connectivity index (χ4n) is 3.32. The minimum Gasteiger partial charge on any atom is -0.493 e. The highest BCUT2D eigenvalue weighted by molar-refractivity contribution is 7.90. The first-order chi connectivity index (χ1) is 15.7. The number of hydrogen-bond donors (Lipinski definition) is 2. The maximum absolute atomic E-state index is 12.8. The van der Waals surface area contributed by atoms with E-state index in [0.717, 1.165) is 19.3 Å². The van der Waals surface area contributed by atoms with Gasteiger partial charge in [-0.15, -0.1) is 0 Å². The summed E-state index contributed by atoms with van der Waals surface area (Å²) in [6, 6.07) is 9.02. The van der Waals surface area contributed by atoms with Gasteiger partial charge in [-0.05, 0) is 57.0 Å². The number of sulfonamides is 1. The number of nitrogens with one attached hydrogen (secondary N) is 2. The minimum absolute atomic E-state index is 0.0311. The number of amidine groups is 1. The number of benzene rings is 2. The van der Waals surface area contributed by atoms with E-state index in [4.69, 9.17) is 21.1 Å². The summed E-state index contributed by atoms with van der Waals surface area (Å²) < 4.78 is 39.2. The molecular formula is C23H28ClN3O5S. The number of halogens is 1. The Labute approximate surface area is 199 Å². The van der Waals surface area contributed by atoms with Crippen molar-refractivity contribution < 1.29 is 22.7 Å². The van der Waals surface area contributed by atoms with Crippen molar-refractivity contribution in [2.24, 2.45) is 4.99 Å². The molecule has 1 amide bonds. The Bertz CT molecular complexity index is 1150. The average Bonchev–Trinajstić information content (AvgIpc) is 3.03. The van der Waals surface area contributed by atoms with Crippen LogP contribution < -0.4 is 19.5 Å². The van der Waals surface area contributed by atoms with Crippen LogP contribution in [0.2, 0.25) is 5.02 Å². The Hall–Kier alpha value is -2.78. The molecule has 0 radical (unpaired) electrons. The van der Waals surface area contributed by atoms with Crippen LogP contribution in [-0.2, 0) is 10.0 Å². The number of carbonyl (C=O) groups is 1. The van der Waals surface area contributed by atoms with Gasteiger partial charge in [0.25, 0.3) is 15.9 Å². The number of carbonyl (C=O) groups excluding carboxylic acids is 1. The van der Waals surface area contributed by atoms with Gasteiger partial charge in [-0.25, -0.2) is 8.42 Å². The van der Waals surface area contributed by atoms with Crippen LogP contribution in [0.1, 0.15) is 49.9 Å². The Balaban J connectivity index is 1.79. The molecule has 178 valence electrons. The van der Waals surface area contributed by atoms with Crippen LogP contribution in [0.5, 0.6) is 11.5 Å². The molecule has 1 aliphatic rings. The Morgan fingerprint density at radius 1 is 1.15 bits per heavy atom. The highest BCUT2D eigenvalue weighted by atomic mass is 35.5. The van der Waals surface area contributed by atoms with Crippen molar-refractivity contribution in [3.8, 4) is 11.5 Å². The van der Waals surface area contributed by atoms with E-state index in [1.165, 1.54) is 31.4 Å². The number of methoxy groups -OCH3 is 1. The zero-order valence-electron chi connectivity index (χ0n) is 18.9. The van der Waals surface area contributed by atoms with Crippen LogP contribution in [0.15, 0.2) is 46.3 Å². The van der Waals surface area contributed by atoms with Crippen LogP contribution in [0.4, 0.5) is 5.69 Å². The maximum Gasteiger partial charge on any atom is 0.262 e. The van der Waals surface area contributed by atoms with Crippen LogP contribution >= 0.6 is 11.6 Å². The van der Waals surface area contributed by atoms with Crippen LogP contribution in [0.3, 0.4) is 0 Å². The van der Waals surface area contributed by atoms with Gasteiger partial charge >= 0.3 is 0 Å². The molecule has 8 nitrogen and oxygen atoms in total. The first-order valence-electron chi connectivity index (χ1n) is 10.7. The van der Waals surface area contributed by atoms with Crippen LogP contribution in [0.25, 0.3) is 0 Å². The van der Waals surface area contributed by atoms with Gasteiger partial charge in [0.15, 0.2) is 11.5 Å². The summed E-state index contributed by atoms with van der Waals surface area (Å²) in [5, 5.41) is 2.94. The summed E-state index contributed by atoms with van der Waals surface area (Å²) in [6.45, 7) is 4.32. The lowest BCUT2D eigenvalue weighted by Crippen LogP contribution is -2.30. The van der Waals surface area contributed by atoms with Gasteiger partial charge in [0, 0.05) is 24.2 Å². The molecule has 0 fully saturated rings. The van der Waals surface area contributed by atoms with E-state index in [9.17, 15) is 13.2 Å². The summed E-state index contributed by atoms with van der Waals surface area (Å²) in [5.41, 5.74) is 0.565. The molecule has 0 aliphatic carbocycles. The number of amides is 1. The SMILES string of the molecule is COc1cc(C(=O)Nc2cccc(S(=O)(=O)NC3=NCCCCC3)c2)cc(Cl)c1OC(C)C. The maximum atomic E-state index is 12.8. The normalized spacial score (nSPS) is 14.3. The largest absolute Gasteiger partial charge is 0.493 e. The fourth-order valence-corrected chi connectivity index (χ4v) is 4.71. The molecule has 0 spiro atoms. The van der Waals surface area contributed by atoms with Crippen molar-refractivity contribution >= 4 is 39.1 Å². The number of ether oxygens (including phenoxy) is 2. The second kappa shape index (κ2) is 10.9. The summed E-state index contributed by atoms with van der Waals surface area (Å²) in [7, 11) is -2.36. The lowest BCUT2D eigenvalue weighted by molar-refractivity contribution is 0.102. The highest BCUT2D eigenvalue weighted by Gasteiger charge is 2.20. The predicted octanol–water partition coefficient (Wildman–Crippen LogP) is 4.64. The standard InChI is InChI=1S/C23H28ClN3O5S/c1-15(2)32-22-19(24)12-16(13-20(22)31-3)23(28)26-17-8-7-9-18(14-17)33(29,30)27-21-10-5-4-6-11-25-21/h7-9,12-15H,4-6,10-11H2,1-3H3,(H,25,27)(H,26,28). The number of anilines is 1. The first kappa shape index (κ1) is 24.9. The van der Waals surface area contributed by atoms with Gasteiger partial charge in [-0.3, -0.25) is 14.5 Å². The van der Waals surface area contributed by atoms with E-state index >= 15 is 0 Å². The minimum atomic E-state index is -3.82. The summed E-state index contributed by atoms with van der Waals surface area (Å²) in [6.07, 6.45) is 3.33. The molecule has 2 aromatic carbocycles. The van der Waals surface area contributed by atoms with Crippen molar-refractivity contribution in [1.29, 1.82) is 0 Å². The smallest absolute Gasteiger partial charge is 0.262 e. The van der Waals surface area contributed by atoms with E-state index in [2.05, 4.69) is 15.0 Å². The van der Waals surface area contributed by atoms with E-state index in [1.807, 2.05) is 13.8 Å². The van der Waals surface area contributed by atoms with Gasteiger partial charge in [0.05, 0.1) is 23.1 Å². The molecule has 0 saturated heterocycles. The van der Waals surface area contributed by atoms with Gasteiger partial charge < -0.3 is 14.8 Å². The Morgan fingerprint density at radius 3 is 2.67 bits per heavy atom. The molecule has 0 unspecified atom stereocenters. The molecule has 10 heteroatoms. The van der Waals surface area contributed by atoms with Crippen molar-refractivity contribution in [3.05, 3.63) is 47.0 Å². The molecule has 0 saturated carbocycles. The molecule has 33 heavy (non-hydrogen) atoms. The average molecular weight is 494 g/mol. The molecule has 1 aliphatic heterocycles.